The number of rotatable bonds is 7. The highest BCUT2D eigenvalue weighted by molar-refractivity contribution is 7.89. The molecule has 1 fully saturated rings. The maximum Gasteiger partial charge on any atom is 0.338 e. The number of esters is 1. The van der Waals surface area contributed by atoms with Crippen LogP contribution in [0.4, 0.5) is 5.13 Å². The standard InChI is InChI=1S/C23H23N3O5S2/c27-21(25-23-24-20(16-32-23)17-8-3-1-4-9-17)15-31-22(28)18-10-7-11-19(14-18)33(29,30)26-12-5-2-6-13-26/h1,3-4,7-11,14,16H,2,5-6,12-13,15H2,(H,24,25,27). The predicted molar refractivity (Wildman–Crippen MR) is 126 cm³/mol. The molecular formula is C23H23N3O5S2. The highest BCUT2D eigenvalue weighted by atomic mass is 32.2. The minimum Gasteiger partial charge on any atom is -0.452 e. The van der Waals surface area contributed by atoms with E-state index in [0.717, 1.165) is 30.5 Å². The average molecular weight is 486 g/mol. The van der Waals surface area contributed by atoms with Crippen LogP contribution in [-0.2, 0) is 19.6 Å². The van der Waals surface area contributed by atoms with E-state index < -0.39 is 28.5 Å². The number of thiazole rings is 1. The molecule has 0 saturated carbocycles. The number of nitrogens with one attached hydrogen (secondary N) is 1. The number of carbonyl (C=O) groups is 2. The van der Waals surface area contributed by atoms with E-state index in [-0.39, 0.29) is 10.5 Å². The van der Waals surface area contributed by atoms with Crippen LogP contribution in [0.5, 0.6) is 0 Å². The Morgan fingerprint density at radius 1 is 1.03 bits per heavy atom. The van der Waals surface area contributed by atoms with Crippen molar-refractivity contribution in [3.63, 3.8) is 0 Å². The Hall–Kier alpha value is -3.08. The van der Waals surface area contributed by atoms with E-state index >= 15 is 0 Å². The third kappa shape index (κ3) is 5.65. The van der Waals surface area contributed by atoms with Crippen molar-refractivity contribution in [2.75, 3.05) is 25.0 Å². The number of ether oxygens (including phenoxy) is 1. The van der Waals surface area contributed by atoms with E-state index in [1.807, 2.05) is 35.7 Å². The SMILES string of the molecule is O=C(COC(=O)c1cccc(S(=O)(=O)N2CCCCC2)c1)Nc1nc(-c2ccccc2)cs1. The molecule has 0 unspecified atom stereocenters. The van der Waals surface area contributed by atoms with E-state index in [2.05, 4.69) is 10.3 Å². The van der Waals surface area contributed by atoms with Crippen LogP contribution in [0.25, 0.3) is 11.3 Å². The fraction of sp³-hybridized carbons (Fsp3) is 0.261. The number of piperidine rings is 1. The molecule has 1 aromatic heterocycles. The zero-order valence-corrected chi connectivity index (χ0v) is 19.4. The molecule has 8 nitrogen and oxygen atoms in total. The average Bonchev–Trinajstić information content (AvgIpc) is 3.32. The van der Waals surface area contributed by atoms with Crippen LogP contribution >= 0.6 is 11.3 Å². The van der Waals surface area contributed by atoms with Gasteiger partial charge < -0.3 is 4.74 Å². The molecule has 0 atom stereocenters. The maximum absolute atomic E-state index is 12.8. The summed E-state index contributed by atoms with van der Waals surface area (Å²) in [6.45, 7) is 0.433. The Morgan fingerprint density at radius 2 is 1.79 bits per heavy atom. The van der Waals surface area contributed by atoms with Crippen molar-refractivity contribution >= 4 is 38.4 Å². The van der Waals surface area contributed by atoms with Crippen molar-refractivity contribution < 1.29 is 22.7 Å². The second kappa shape index (κ2) is 10.2. The van der Waals surface area contributed by atoms with Crippen LogP contribution in [-0.4, -0.2) is 49.3 Å². The summed E-state index contributed by atoms with van der Waals surface area (Å²) in [5.74, 6) is -1.31. The monoisotopic (exact) mass is 485 g/mol. The zero-order chi connectivity index (χ0) is 23.3. The summed E-state index contributed by atoms with van der Waals surface area (Å²) in [7, 11) is -3.67. The Kier molecular flexibility index (Phi) is 7.17. The largest absolute Gasteiger partial charge is 0.452 e. The summed E-state index contributed by atoms with van der Waals surface area (Å²) in [6.07, 6.45) is 2.65. The normalized spacial score (nSPS) is 14.5. The first kappa shape index (κ1) is 23.1. The van der Waals surface area contributed by atoms with E-state index in [9.17, 15) is 18.0 Å². The van der Waals surface area contributed by atoms with Crippen molar-refractivity contribution in [1.82, 2.24) is 9.29 Å². The van der Waals surface area contributed by atoms with Crippen molar-refractivity contribution in [2.24, 2.45) is 0 Å². The summed E-state index contributed by atoms with van der Waals surface area (Å²) in [6, 6.07) is 15.3. The van der Waals surface area contributed by atoms with Crippen molar-refractivity contribution in [3.05, 3.63) is 65.5 Å². The number of aromatic nitrogens is 1. The molecule has 1 aliphatic rings. The number of nitrogens with zero attached hydrogens (tertiary/aromatic N) is 2. The maximum atomic E-state index is 12.8. The first-order valence-corrected chi connectivity index (χ1v) is 12.8. The fourth-order valence-corrected chi connectivity index (χ4v) is 5.78. The number of anilines is 1. The van der Waals surface area contributed by atoms with Gasteiger partial charge in [0.25, 0.3) is 5.91 Å². The molecule has 0 spiro atoms. The molecule has 172 valence electrons. The molecule has 0 aliphatic carbocycles. The fourth-order valence-electron chi connectivity index (χ4n) is 3.48. The summed E-state index contributed by atoms with van der Waals surface area (Å²) >= 11 is 1.27. The van der Waals surface area contributed by atoms with Crippen molar-refractivity contribution in [2.45, 2.75) is 24.2 Å². The van der Waals surface area contributed by atoms with Crippen LogP contribution in [0.3, 0.4) is 0 Å². The molecule has 4 rings (SSSR count). The van der Waals surface area contributed by atoms with Crippen LogP contribution in [0.15, 0.2) is 64.9 Å². The van der Waals surface area contributed by atoms with Gasteiger partial charge in [-0.1, -0.05) is 42.8 Å². The molecule has 1 aliphatic heterocycles. The van der Waals surface area contributed by atoms with Crippen LogP contribution in [0, 0.1) is 0 Å². The number of hydrogen-bond donors (Lipinski definition) is 1. The number of sulfonamides is 1. The number of carbonyl (C=O) groups excluding carboxylic acids is 2. The Morgan fingerprint density at radius 3 is 2.55 bits per heavy atom. The summed E-state index contributed by atoms with van der Waals surface area (Å²) in [4.78, 5) is 29.0. The van der Waals surface area contributed by atoms with Crippen LogP contribution in [0.1, 0.15) is 29.6 Å². The lowest BCUT2D eigenvalue weighted by Gasteiger charge is -2.25. The molecule has 3 aromatic rings. The van der Waals surface area contributed by atoms with Gasteiger partial charge >= 0.3 is 5.97 Å². The number of benzene rings is 2. The molecule has 1 N–H and O–H groups in total. The van der Waals surface area contributed by atoms with Gasteiger partial charge in [-0.05, 0) is 31.0 Å². The van der Waals surface area contributed by atoms with Gasteiger partial charge in [0.15, 0.2) is 11.7 Å². The summed E-state index contributed by atoms with van der Waals surface area (Å²) in [5.41, 5.74) is 1.74. The quantitative estimate of drug-likeness (QED) is 0.511. The first-order chi connectivity index (χ1) is 15.9. The number of hydrogen-bond acceptors (Lipinski definition) is 7. The molecule has 1 amide bonds. The van der Waals surface area contributed by atoms with E-state index in [1.54, 1.807) is 0 Å². The van der Waals surface area contributed by atoms with Gasteiger partial charge in [-0.25, -0.2) is 18.2 Å². The minimum atomic E-state index is -3.67. The van der Waals surface area contributed by atoms with Crippen molar-refractivity contribution in [1.29, 1.82) is 0 Å². The van der Waals surface area contributed by atoms with Gasteiger partial charge in [-0.2, -0.15) is 4.31 Å². The highest BCUT2D eigenvalue weighted by Gasteiger charge is 2.26. The Balaban J connectivity index is 1.35. The van der Waals surface area contributed by atoms with Gasteiger partial charge in [0.05, 0.1) is 16.2 Å². The van der Waals surface area contributed by atoms with Crippen molar-refractivity contribution in [3.8, 4) is 11.3 Å². The Bertz CT molecular complexity index is 1240. The molecule has 0 bridgehead atoms. The molecule has 2 aromatic carbocycles. The second-order valence-electron chi connectivity index (χ2n) is 7.52. The lowest BCUT2D eigenvalue weighted by Crippen LogP contribution is -2.35. The third-order valence-electron chi connectivity index (χ3n) is 5.18. The third-order valence-corrected chi connectivity index (χ3v) is 7.83. The first-order valence-electron chi connectivity index (χ1n) is 10.5. The topological polar surface area (TPSA) is 106 Å². The highest BCUT2D eigenvalue weighted by Crippen LogP contribution is 2.25. The van der Waals surface area contributed by atoms with E-state index in [4.69, 9.17) is 4.74 Å². The smallest absolute Gasteiger partial charge is 0.338 e. The van der Waals surface area contributed by atoms with Gasteiger partial charge in [-0.3, -0.25) is 10.1 Å². The molecule has 2 heterocycles. The van der Waals surface area contributed by atoms with Gasteiger partial charge in [-0.15, -0.1) is 11.3 Å². The summed E-state index contributed by atoms with van der Waals surface area (Å²) < 4.78 is 32.2. The second-order valence-corrected chi connectivity index (χ2v) is 10.3. The van der Waals surface area contributed by atoms with Crippen LogP contribution < -0.4 is 5.32 Å². The van der Waals surface area contributed by atoms with Gasteiger partial charge in [0.1, 0.15) is 0 Å². The predicted octanol–water partition coefficient (Wildman–Crippen LogP) is 3.78. The molecule has 33 heavy (non-hydrogen) atoms. The molecule has 1 saturated heterocycles. The van der Waals surface area contributed by atoms with E-state index in [1.165, 1.54) is 39.9 Å². The molecule has 0 radical (unpaired) electrons. The lowest BCUT2D eigenvalue weighted by molar-refractivity contribution is -0.119. The van der Waals surface area contributed by atoms with Crippen LogP contribution in [0.2, 0.25) is 0 Å². The van der Waals surface area contributed by atoms with Gasteiger partial charge in [0.2, 0.25) is 10.0 Å². The van der Waals surface area contributed by atoms with Gasteiger partial charge in [0, 0.05) is 24.0 Å². The minimum absolute atomic E-state index is 0.0412. The van der Waals surface area contributed by atoms with E-state index in [0.29, 0.717) is 18.2 Å². The summed E-state index contributed by atoms with van der Waals surface area (Å²) in [5, 5.41) is 4.82. The lowest BCUT2D eigenvalue weighted by atomic mass is 10.2. The Labute approximate surface area is 196 Å². The molecule has 10 heteroatoms. The molecular weight excluding hydrogens is 462 g/mol. The zero-order valence-electron chi connectivity index (χ0n) is 17.8. The number of amides is 1.